The molecular formula is C17H21ClFNS. The van der Waals surface area contributed by atoms with E-state index in [1.807, 2.05) is 32.2 Å². The maximum absolute atomic E-state index is 14.5. The molecule has 0 bridgehead atoms. The maximum Gasteiger partial charge on any atom is 0.128 e. The monoisotopic (exact) mass is 325 g/mol. The van der Waals surface area contributed by atoms with Crippen LogP contribution in [0.1, 0.15) is 46.5 Å². The Bertz CT molecular complexity index is 613. The van der Waals surface area contributed by atoms with Crippen LogP contribution in [0.5, 0.6) is 0 Å². The summed E-state index contributed by atoms with van der Waals surface area (Å²) in [6, 6.07) is 3.43. The molecule has 0 amide bonds. The van der Waals surface area contributed by atoms with Gasteiger partial charge in [-0.25, -0.2) is 4.39 Å². The molecule has 2 aromatic rings. The summed E-state index contributed by atoms with van der Waals surface area (Å²) < 4.78 is 14.5. The third kappa shape index (κ3) is 3.47. The van der Waals surface area contributed by atoms with Gasteiger partial charge in [0.15, 0.2) is 0 Å². The molecule has 1 atom stereocenters. The number of aryl methyl sites for hydroxylation is 3. The van der Waals surface area contributed by atoms with Crippen molar-refractivity contribution in [3.63, 3.8) is 0 Å². The van der Waals surface area contributed by atoms with E-state index in [0.717, 1.165) is 39.6 Å². The van der Waals surface area contributed by atoms with E-state index in [0.29, 0.717) is 5.56 Å². The smallest absolute Gasteiger partial charge is 0.128 e. The normalized spacial score (nSPS) is 12.7. The van der Waals surface area contributed by atoms with Crippen LogP contribution in [-0.2, 0) is 0 Å². The van der Waals surface area contributed by atoms with Crippen LogP contribution in [0.4, 0.5) is 4.39 Å². The van der Waals surface area contributed by atoms with Gasteiger partial charge in [-0.05, 0) is 61.9 Å². The van der Waals surface area contributed by atoms with Crippen molar-refractivity contribution >= 4 is 22.9 Å². The van der Waals surface area contributed by atoms with Gasteiger partial charge in [0.2, 0.25) is 0 Å². The Morgan fingerprint density at radius 2 is 1.95 bits per heavy atom. The van der Waals surface area contributed by atoms with Crippen molar-refractivity contribution in [2.24, 2.45) is 0 Å². The Morgan fingerprint density at radius 1 is 1.24 bits per heavy atom. The highest BCUT2D eigenvalue weighted by atomic mass is 35.5. The van der Waals surface area contributed by atoms with E-state index in [4.69, 9.17) is 11.6 Å². The van der Waals surface area contributed by atoms with Gasteiger partial charge in [-0.2, -0.15) is 0 Å². The highest BCUT2D eigenvalue weighted by molar-refractivity contribution is 7.10. The lowest BCUT2D eigenvalue weighted by molar-refractivity contribution is 0.547. The fourth-order valence-corrected chi connectivity index (χ4v) is 3.94. The van der Waals surface area contributed by atoms with E-state index in [1.54, 1.807) is 17.4 Å². The molecule has 1 unspecified atom stereocenters. The summed E-state index contributed by atoms with van der Waals surface area (Å²) in [7, 11) is 0. The van der Waals surface area contributed by atoms with Gasteiger partial charge in [0, 0.05) is 10.4 Å². The second-order valence-corrected chi connectivity index (χ2v) is 6.75. The lowest BCUT2D eigenvalue weighted by atomic mass is 9.97. The zero-order chi connectivity index (χ0) is 15.6. The average molecular weight is 326 g/mol. The first-order valence-electron chi connectivity index (χ1n) is 7.19. The number of hydrogen-bond acceptors (Lipinski definition) is 2. The number of hydrogen-bond donors (Lipinski definition) is 1. The SMILES string of the molecule is CCCNC(c1scc(C)c1Cl)c1c(C)cc(C)cc1F. The third-order valence-corrected chi connectivity index (χ3v) is 5.33. The summed E-state index contributed by atoms with van der Waals surface area (Å²) in [6.07, 6.45) is 0.991. The minimum absolute atomic E-state index is 0.164. The number of nitrogens with one attached hydrogen (secondary N) is 1. The van der Waals surface area contributed by atoms with Crippen molar-refractivity contribution < 1.29 is 4.39 Å². The zero-order valence-corrected chi connectivity index (χ0v) is 14.5. The van der Waals surface area contributed by atoms with Crippen LogP contribution in [0, 0.1) is 26.6 Å². The second-order valence-electron chi connectivity index (χ2n) is 5.46. The fraction of sp³-hybridized carbons (Fsp3) is 0.412. The Balaban J connectivity index is 2.53. The van der Waals surface area contributed by atoms with Gasteiger partial charge in [-0.3, -0.25) is 0 Å². The first kappa shape index (κ1) is 16.5. The third-order valence-electron chi connectivity index (χ3n) is 3.56. The quantitative estimate of drug-likeness (QED) is 0.759. The molecule has 0 aliphatic carbocycles. The van der Waals surface area contributed by atoms with Gasteiger partial charge >= 0.3 is 0 Å². The van der Waals surface area contributed by atoms with E-state index in [-0.39, 0.29) is 11.9 Å². The predicted octanol–water partition coefficient (Wildman–Crippen LogP) is 5.55. The average Bonchev–Trinajstić information content (AvgIpc) is 2.73. The molecule has 1 nitrogen and oxygen atoms in total. The number of rotatable bonds is 5. The van der Waals surface area contributed by atoms with Crippen LogP contribution in [-0.4, -0.2) is 6.54 Å². The van der Waals surface area contributed by atoms with E-state index in [9.17, 15) is 4.39 Å². The molecule has 114 valence electrons. The molecule has 21 heavy (non-hydrogen) atoms. The molecule has 4 heteroatoms. The van der Waals surface area contributed by atoms with E-state index >= 15 is 0 Å². The van der Waals surface area contributed by atoms with E-state index in [2.05, 4.69) is 12.2 Å². The zero-order valence-electron chi connectivity index (χ0n) is 12.9. The Morgan fingerprint density at radius 3 is 2.48 bits per heavy atom. The molecule has 0 radical (unpaired) electrons. The fourth-order valence-electron chi connectivity index (χ4n) is 2.55. The van der Waals surface area contributed by atoms with Gasteiger partial charge in [0.1, 0.15) is 5.82 Å². The lowest BCUT2D eigenvalue weighted by Crippen LogP contribution is -2.24. The van der Waals surface area contributed by atoms with Gasteiger partial charge in [0.25, 0.3) is 0 Å². The maximum atomic E-state index is 14.5. The van der Waals surface area contributed by atoms with Gasteiger partial charge in [-0.15, -0.1) is 11.3 Å². The van der Waals surface area contributed by atoms with Crippen molar-refractivity contribution in [1.29, 1.82) is 0 Å². The van der Waals surface area contributed by atoms with Crippen LogP contribution < -0.4 is 5.32 Å². The first-order valence-corrected chi connectivity index (χ1v) is 8.45. The van der Waals surface area contributed by atoms with Crippen LogP contribution in [0.25, 0.3) is 0 Å². The molecule has 1 heterocycles. The van der Waals surface area contributed by atoms with Crippen LogP contribution in [0.3, 0.4) is 0 Å². The predicted molar refractivity (Wildman–Crippen MR) is 90.1 cm³/mol. The van der Waals surface area contributed by atoms with Crippen molar-refractivity contribution in [3.8, 4) is 0 Å². The molecule has 0 fully saturated rings. The summed E-state index contributed by atoms with van der Waals surface area (Å²) in [4.78, 5) is 0.994. The van der Waals surface area contributed by atoms with Crippen molar-refractivity contribution in [1.82, 2.24) is 5.32 Å². The van der Waals surface area contributed by atoms with E-state index in [1.165, 1.54) is 0 Å². The molecule has 2 rings (SSSR count). The molecule has 1 aromatic carbocycles. The Labute approximate surface area is 135 Å². The molecule has 1 N–H and O–H groups in total. The Kier molecular flexibility index (Phi) is 5.42. The molecule has 0 saturated carbocycles. The summed E-state index contributed by atoms with van der Waals surface area (Å²) >= 11 is 8.01. The largest absolute Gasteiger partial charge is 0.305 e. The van der Waals surface area contributed by atoms with Gasteiger partial charge in [-0.1, -0.05) is 24.6 Å². The highest BCUT2D eigenvalue weighted by Crippen LogP contribution is 2.38. The Hall–Kier alpha value is -0.900. The summed E-state index contributed by atoms with van der Waals surface area (Å²) in [5, 5.41) is 6.21. The second kappa shape index (κ2) is 6.91. The van der Waals surface area contributed by atoms with Crippen molar-refractivity contribution in [2.45, 2.75) is 40.2 Å². The summed E-state index contributed by atoms with van der Waals surface area (Å²) in [6.45, 7) is 8.78. The topological polar surface area (TPSA) is 12.0 Å². The highest BCUT2D eigenvalue weighted by Gasteiger charge is 2.24. The molecule has 0 saturated heterocycles. The molecule has 0 aliphatic heterocycles. The number of benzene rings is 1. The molecule has 0 spiro atoms. The molecule has 1 aromatic heterocycles. The van der Waals surface area contributed by atoms with Crippen LogP contribution in [0.2, 0.25) is 5.02 Å². The van der Waals surface area contributed by atoms with Crippen LogP contribution in [0.15, 0.2) is 17.5 Å². The van der Waals surface area contributed by atoms with Crippen LogP contribution >= 0.6 is 22.9 Å². The minimum atomic E-state index is -0.184. The van der Waals surface area contributed by atoms with Crippen molar-refractivity contribution in [2.75, 3.05) is 6.54 Å². The minimum Gasteiger partial charge on any atom is -0.305 e. The van der Waals surface area contributed by atoms with Crippen molar-refractivity contribution in [3.05, 3.63) is 55.5 Å². The molecule has 0 aliphatic rings. The van der Waals surface area contributed by atoms with E-state index < -0.39 is 0 Å². The standard InChI is InChI=1S/C17H21ClFNS/c1-5-6-20-16(17-15(18)12(4)9-21-17)14-11(3)7-10(2)8-13(14)19/h7-9,16,20H,5-6H2,1-4H3. The number of thiophene rings is 1. The lowest BCUT2D eigenvalue weighted by Gasteiger charge is -2.21. The summed E-state index contributed by atoms with van der Waals surface area (Å²) in [5.74, 6) is -0.164. The van der Waals surface area contributed by atoms with Gasteiger partial charge in [0.05, 0.1) is 11.1 Å². The summed E-state index contributed by atoms with van der Waals surface area (Å²) in [5.41, 5.74) is 3.66. The first-order chi connectivity index (χ1) is 9.95. The number of halogens is 2. The molecular weight excluding hydrogens is 305 g/mol. The van der Waals surface area contributed by atoms with Gasteiger partial charge < -0.3 is 5.32 Å².